The van der Waals surface area contributed by atoms with Crippen LogP contribution in [0, 0.1) is 0 Å². The minimum atomic E-state index is -0.814. The van der Waals surface area contributed by atoms with Crippen LogP contribution in [0.4, 0.5) is 0 Å². The highest BCUT2D eigenvalue weighted by molar-refractivity contribution is 5.77. The maximum Gasteiger partial charge on any atom is 0.306 e. The molecule has 3 atom stereocenters. The Balaban J connectivity index is 4.74. The number of hydrogen-bond donors (Lipinski definition) is 3. The van der Waals surface area contributed by atoms with E-state index in [2.05, 4.69) is 117 Å². The lowest BCUT2D eigenvalue weighted by Gasteiger charge is -2.24. The molecule has 3 N–H and O–H groups in total. The molecule has 0 saturated carbocycles. The summed E-state index contributed by atoms with van der Waals surface area (Å²) in [6.45, 7) is 6.21. The van der Waals surface area contributed by atoms with Crippen molar-refractivity contribution in [2.45, 2.75) is 225 Å². The van der Waals surface area contributed by atoms with Crippen molar-refractivity contribution >= 4 is 11.9 Å². The van der Waals surface area contributed by atoms with E-state index in [9.17, 15) is 19.8 Å². The van der Waals surface area contributed by atoms with Gasteiger partial charge in [0.2, 0.25) is 5.91 Å². The van der Waals surface area contributed by atoms with Gasteiger partial charge >= 0.3 is 5.97 Å². The van der Waals surface area contributed by atoms with Gasteiger partial charge in [-0.15, -0.1) is 0 Å². The zero-order chi connectivity index (χ0) is 43.8. The number of esters is 1. The van der Waals surface area contributed by atoms with Gasteiger partial charge < -0.3 is 20.3 Å². The quantitative estimate of drug-likeness (QED) is 0.0323. The molecule has 0 aliphatic heterocycles. The normalized spacial score (nSPS) is 14.2. The summed E-state index contributed by atoms with van der Waals surface area (Å²) >= 11 is 0. The molecule has 0 fully saturated rings. The standard InChI is InChI=1S/C54H91NO5/c1-4-7-10-13-16-19-22-25-26-27-29-32-35-38-41-44-47-54(59)60-50(45-42-39-36-33-30-24-21-18-15-12-9-6-3)48-53(58)55-51(49-56)52(57)46-43-40-37-34-31-28-23-20-17-14-11-8-5-2/h7,9-10,12,16,18-19,21,25-26,29-30,32-33,38,41,50-52,56-57H,4-6,8,11,13-15,17,20,22-24,27-28,31,34-37,39-40,42-49H2,1-3H3,(H,55,58)/b10-7+,12-9+,19-16+,21-18+,26-25+,32-29+,33-30+,41-38+. The lowest BCUT2D eigenvalue weighted by atomic mass is 10.0. The Morgan fingerprint density at radius 1 is 0.500 bits per heavy atom. The molecule has 0 aliphatic carbocycles. The van der Waals surface area contributed by atoms with Crippen molar-refractivity contribution in [2.75, 3.05) is 6.61 Å². The minimum absolute atomic E-state index is 0.0164. The van der Waals surface area contributed by atoms with Gasteiger partial charge in [0.1, 0.15) is 6.10 Å². The molecule has 60 heavy (non-hydrogen) atoms. The van der Waals surface area contributed by atoms with Crippen LogP contribution in [0.25, 0.3) is 0 Å². The van der Waals surface area contributed by atoms with Crippen molar-refractivity contribution in [1.29, 1.82) is 0 Å². The van der Waals surface area contributed by atoms with Crippen LogP contribution in [0.1, 0.15) is 207 Å². The molecule has 0 aromatic carbocycles. The molecule has 0 radical (unpaired) electrons. The average molecular weight is 834 g/mol. The summed E-state index contributed by atoms with van der Waals surface area (Å²) in [5.74, 6) is -0.621. The molecule has 0 spiro atoms. The van der Waals surface area contributed by atoms with E-state index in [1.54, 1.807) is 0 Å². The maximum absolute atomic E-state index is 13.2. The molecule has 0 saturated heterocycles. The molecule has 0 aromatic rings. The first-order chi connectivity index (χ1) is 29.5. The van der Waals surface area contributed by atoms with Crippen molar-refractivity contribution in [3.63, 3.8) is 0 Å². The number of hydrogen-bond acceptors (Lipinski definition) is 5. The fraction of sp³-hybridized carbons (Fsp3) is 0.667. The van der Waals surface area contributed by atoms with Crippen LogP contribution in [-0.4, -0.2) is 46.9 Å². The molecule has 0 aliphatic rings. The first kappa shape index (κ1) is 56.8. The third-order valence-electron chi connectivity index (χ3n) is 10.4. The van der Waals surface area contributed by atoms with Crippen molar-refractivity contribution in [3.8, 4) is 0 Å². The molecule has 6 heteroatoms. The lowest BCUT2D eigenvalue weighted by molar-refractivity contribution is -0.150. The molecule has 342 valence electrons. The maximum atomic E-state index is 13.2. The monoisotopic (exact) mass is 834 g/mol. The predicted molar refractivity (Wildman–Crippen MR) is 259 cm³/mol. The Hall–Kier alpha value is -3.22. The van der Waals surface area contributed by atoms with Gasteiger partial charge in [-0.3, -0.25) is 9.59 Å². The molecule has 0 bridgehead atoms. The minimum Gasteiger partial charge on any atom is -0.462 e. The number of aliphatic hydroxyl groups excluding tert-OH is 2. The van der Waals surface area contributed by atoms with E-state index < -0.39 is 18.2 Å². The third kappa shape index (κ3) is 41.5. The van der Waals surface area contributed by atoms with E-state index >= 15 is 0 Å². The van der Waals surface area contributed by atoms with Crippen LogP contribution < -0.4 is 5.32 Å². The first-order valence-electron chi connectivity index (χ1n) is 24.5. The van der Waals surface area contributed by atoms with Gasteiger partial charge in [-0.05, 0) is 89.9 Å². The van der Waals surface area contributed by atoms with E-state index in [0.717, 1.165) is 89.9 Å². The van der Waals surface area contributed by atoms with Gasteiger partial charge in [0.15, 0.2) is 0 Å². The number of amides is 1. The second-order valence-electron chi connectivity index (χ2n) is 16.1. The third-order valence-corrected chi connectivity index (χ3v) is 10.4. The largest absolute Gasteiger partial charge is 0.462 e. The number of carbonyl (C=O) groups is 2. The Morgan fingerprint density at radius 3 is 1.35 bits per heavy atom. The number of allylic oxidation sites excluding steroid dienone is 16. The second-order valence-corrected chi connectivity index (χ2v) is 16.1. The van der Waals surface area contributed by atoms with Crippen LogP contribution in [0.15, 0.2) is 97.2 Å². The SMILES string of the molecule is CC/C=C/C/C=C/C/C=C/C/C=C/C/C=C/CCC(=O)OC(CCCC/C=C/C/C=C/C/C=C/CC)CC(=O)NC(CO)C(O)CCCCCCCCCCCCCCC. The lowest BCUT2D eigenvalue weighted by Crippen LogP contribution is -2.46. The second kappa shape index (κ2) is 46.8. The molecular formula is C54H91NO5. The van der Waals surface area contributed by atoms with E-state index in [0.29, 0.717) is 19.3 Å². The number of nitrogens with one attached hydrogen (secondary N) is 1. The molecular weight excluding hydrogens is 743 g/mol. The van der Waals surface area contributed by atoms with Crippen LogP contribution in [-0.2, 0) is 14.3 Å². The van der Waals surface area contributed by atoms with Gasteiger partial charge in [0, 0.05) is 6.42 Å². The molecule has 0 aromatic heterocycles. The van der Waals surface area contributed by atoms with Crippen molar-refractivity contribution in [1.82, 2.24) is 5.32 Å². The highest BCUT2D eigenvalue weighted by atomic mass is 16.5. The van der Waals surface area contributed by atoms with E-state index in [4.69, 9.17) is 4.74 Å². The fourth-order valence-electron chi connectivity index (χ4n) is 6.79. The zero-order valence-corrected chi connectivity index (χ0v) is 38.8. The molecule has 0 heterocycles. The van der Waals surface area contributed by atoms with Gasteiger partial charge in [0.05, 0.1) is 25.2 Å². The zero-order valence-electron chi connectivity index (χ0n) is 38.8. The Labute approximate surface area is 369 Å². The van der Waals surface area contributed by atoms with Crippen molar-refractivity contribution in [2.24, 2.45) is 0 Å². The van der Waals surface area contributed by atoms with E-state index in [-0.39, 0.29) is 31.3 Å². The Morgan fingerprint density at radius 2 is 0.900 bits per heavy atom. The van der Waals surface area contributed by atoms with Crippen LogP contribution >= 0.6 is 0 Å². The average Bonchev–Trinajstić information content (AvgIpc) is 3.24. The van der Waals surface area contributed by atoms with Gasteiger partial charge in [-0.25, -0.2) is 0 Å². The van der Waals surface area contributed by atoms with E-state index in [1.165, 1.54) is 64.2 Å². The fourth-order valence-corrected chi connectivity index (χ4v) is 6.79. The predicted octanol–water partition coefficient (Wildman–Crippen LogP) is 14.6. The first-order valence-corrected chi connectivity index (χ1v) is 24.5. The molecule has 0 rings (SSSR count). The smallest absolute Gasteiger partial charge is 0.306 e. The van der Waals surface area contributed by atoms with Crippen LogP contribution in [0.2, 0.25) is 0 Å². The highest BCUT2D eigenvalue weighted by Gasteiger charge is 2.24. The van der Waals surface area contributed by atoms with E-state index in [1.807, 2.05) is 6.08 Å². The van der Waals surface area contributed by atoms with Gasteiger partial charge in [0.25, 0.3) is 0 Å². The van der Waals surface area contributed by atoms with Gasteiger partial charge in [-0.1, -0.05) is 201 Å². The summed E-state index contributed by atoms with van der Waals surface area (Å²) < 4.78 is 5.85. The van der Waals surface area contributed by atoms with Crippen molar-refractivity contribution < 1.29 is 24.5 Å². The summed E-state index contributed by atoms with van der Waals surface area (Å²) in [4.78, 5) is 26.0. The van der Waals surface area contributed by atoms with Crippen LogP contribution in [0.3, 0.4) is 0 Å². The number of ether oxygens (including phenoxy) is 1. The molecule has 6 nitrogen and oxygen atoms in total. The number of rotatable bonds is 42. The molecule has 1 amide bonds. The summed E-state index contributed by atoms with van der Waals surface area (Å²) in [5.41, 5.74) is 0. The summed E-state index contributed by atoms with van der Waals surface area (Å²) in [6, 6.07) is -0.733. The Bertz CT molecular complexity index is 1210. The Kier molecular flexibility index (Phi) is 44.3. The number of carbonyl (C=O) groups excluding carboxylic acids is 2. The highest BCUT2D eigenvalue weighted by Crippen LogP contribution is 2.16. The van der Waals surface area contributed by atoms with Crippen molar-refractivity contribution in [3.05, 3.63) is 97.2 Å². The van der Waals surface area contributed by atoms with Gasteiger partial charge in [-0.2, -0.15) is 0 Å². The topological polar surface area (TPSA) is 95.9 Å². The summed E-state index contributed by atoms with van der Waals surface area (Å²) in [6.07, 6.45) is 61.9. The number of unbranched alkanes of at least 4 members (excludes halogenated alkanes) is 14. The summed E-state index contributed by atoms with van der Waals surface area (Å²) in [7, 11) is 0. The number of aliphatic hydroxyl groups is 2. The summed E-state index contributed by atoms with van der Waals surface area (Å²) in [5, 5.41) is 23.7. The van der Waals surface area contributed by atoms with Crippen LogP contribution in [0.5, 0.6) is 0 Å². The molecule has 3 unspecified atom stereocenters.